The third-order valence-corrected chi connectivity index (χ3v) is 8.04. The number of phenols is 3. The minimum atomic E-state index is -0.829. The summed E-state index contributed by atoms with van der Waals surface area (Å²) in [6.45, 7) is 3.58. The fourth-order valence-corrected chi connectivity index (χ4v) is 5.57. The number of phenolic OH excluding ortho intramolecular Hbond substituents is 3. The highest BCUT2D eigenvalue weighted by Crippen LogP contribution is 2.41. The molecule has 0 amide bonds. The number of nitrogens with zero attached hydrogens (tertiary/aromatic N) is 1. The van der Waals surface area contributed by atoms with Crippen LogP contribution in [0.5, 0.6) is 17.2 Å². The number of hydrogen-bond acceptors (Lipinski definition) is 11. The zero-order valence-electron chi connectivity index (χ0n) is 24.1. The van der Waals surface area contributed by atoms with Crippen molar-refractivity contribution in [3.8, 4) is 17.2 Å². The molecule has 2 saturated heterocycles. The summed E-state index contributed by atoms with van der Waals surface area (Å²) in [5, 5.41) is 29.2. The highest BCUT2D eigenvalue weighted by atomic mass is 16.6. The lowest BCUT2D eigenvalue weighted by Crippen LogP contribution is -2.46. The van der Waals surface area contributed by atoms with Crippen LogP contribution < -0.4 is 0 Å². The Morgan fingerprint density at radius 1 is 1.00 bits per heavy atom. The van der Waals surface area contributed by atoms with Crippen LogP contribution in [0.2, 0.25) is 0 Å². The van der Waals surface area contributed by atoms with Gasteiger partial charge in [-0.1, -0.05) is 42.8 Å². The van der Waals surface area contributed by atoms with Gasteiger partial charge in [0, 0.05) is 32.1 Å². The lowest BCUT2D eigenvalue weighted by molar-refractivity contribution is -0.157. The van der Waals surface area contributed by atoms with Crippen LogP contribution in [-0.4, -0.2) is 89.3 Å². The first kappa shape index (κ1) is 30.9. The van der Waals surface area contributed by atoms with E-state index in [1.54, 1.807) is 24.3 Å². The number of benzene rings is 2. The van der Waals surface area contributed by atoms with Gasteiger partial charge in [-0.2, -0.15) is 0 Å². The van der Waals surface area contributed by atoms with Gasteiger partial charge >= 0.3 is 17.9 Å². The van der Waals surface area contributed by atoms with Gasteiger partial charge in [-0.15, -0.1) is 0 Å². The quantitative estimate of drug-likeness (QED) is 0.163. The molecule has 0 aromatic heterocycles. The highest BCUT2D eigenvalue weighted by Gasteiger charge is 2.55. The molecule has 0 spiro atoms. The number of hydrogen-bond donors (Lipinski definition) is 3. The standard InChI is InChI=1S/C31H37NO10/c1-5-17(2)11-26(35)40-16-21(18-9-7-6-8-10-18)31(38)41-20-14-22-28(39-4)29(23(15-20)32(22)3)42-30(37)19-12-24(33)27(36)25(34)13-19/h6-13,20-23,28-29,33-34,36H,5,14-16H2,1-4H3/b17-11+. The van der Waals surface area contributed by atoms with Gasteiger partial charge in [0.05, 0.1) is 11.6 Å². The van der Waals surface area contributed by atoms with Crippen LogP contribution in [-0.2, 0) is 28.5 Å². The molecule has 0 saturated carbocycles. The number of esters is 3. The number of allylic oxidation sites excluding steroid dienone is 1. The molecule has 11 nitrogen and oxygen atoms in total. The topological polar surface area (TPSA) is 152 Å². The molecule has 2 aromatic rings. The Labute approximate surface area is 244 Å². The van der Waals surface area contributed by atoms with Crippen molar-refractivity contribution in [3.05, 3.63) is 65.2 Å². The number of fused-ring (bicyclic) bond motifs is 2. The Hall–Kier alpha value is -4.09. The van der Waals surface area contributed by atoms with Crippen molar-refractivity contribution >= 4 is 17.9 Å². The molecule has 2 aromatic carbocycles. The monoisotopic (exact) mass is 583 g/mol. The molecule has 6 atom stereocenters. The summed E-state index contributed by atoms with van der Waals surface area (Å²) in [5.74, 6) is -4.76. The average Bonchev–Trinajstić information content (AvgIpc) is 3.10. The van der Waals surface area contributed by atoms with Gasteiger partial charge in [0.25, 0.3) is 0 Å². The van der Waals surface area contributed by atoms with E-state index in [1.165, 1.54) is 13.2 Å². The van der Waals surface area contributed by atoms with Crippen LogP contribution >= 0.6 is 0 Å². The summed E-state index contributed by atoms with van der Waals surface area (Å²) in [5.41, 5.74) is 1.38. The van der Waals surface area contributed by atoms with Crippen LogP contribution in [0.25, 0.3) is 0 Å². The number of piperidine rings is 1. The number of rotatable bonds is 10. The SMILES string of the molecule is CC/C(C)=C/C(=O)OCC(C(=O)OC1CC2C(OC)C(OC(=O)c3cc(O)c(O)c(O)c3)C(C1)N2C)c1ccccc1. The predicted octanol–water partition coefficient (Wildman–Crippen LogP) is 3.42. The summed E-state index contributed by atoms with van der Waals surface area (Å²) in [6, 6.07) is 10.4. The van der Waals surface area contributed by atoms with Crippen molar-refractivity contribution in [2.45, 2.75) is 69.4 Å². The maximum Gasteiger partial charge on any atom is 0.338 e. The van der Waals surface area contributed by atoms with E-state index in [9.17, 15) is 29.7 Å². The summed E-state index contributed by atoms with van der Waals surface area (Å²) in [6.07, 6.45) is 1.10. The van der Waals surface area contributed by atoms with Gasteiger partial charge < -0.3 is 34.3 Å². The fourth-order valence-electron chi connectivity index (χ4n) is 5.57. The Kier molecular flexibility index (Phi) is 9.74. The molecular formula is C31H37NO10. The second kappa shape index (κ2) is 13.3. The summed E-state index contributed by atoms with van der Waals surface area (Å²) in [7, 11) is 3.39. The van der Waals surface area contributed by atoms with Crippen LogP contribution in [0.15, 0.2) is 54.1 Å². The van der Waals surface area contributed by atoms with E-state index < -0.39 is 59.4 Å². The number of ether oxygens (including phenoxy) is 4. The Morgan fingerprint density at radius 3 is 2.21 bits per heavy atom. The molecule has 2 bridgehead atoms. The lowest BCUT2D eigenvalue weighted by atomic mass is 9.98. The van der Waals surface area contributed by atoms with E-state index in [0.717, 1.165) is 17.7 Å². The third kappa shape index (κ3) is 6.69. The first-order chi connectivity index (χ1) is 20.0. The molecule has 2 heterocycles. The molecule has 226 valence electrons. The summed E-state index contributed by atoms with van der Waals surface area (Å²) >= 11 is 0. The second-order valence-electron chi connectivity index (χ2n) is 10.7. The minimum Gasteiger partial charge on any atom is -0.504 e. The fraction of sp³-hybridized carbons (Fsp3) is 0.452. The van der Waals surface area contributed by atoms with Gasteiger partial charge in [-0.25, -0.2) is 9.59 Å². The van der Waals surface area contributed by atoms with E-state index in [2.05, 4.69) is 0 Å². The molecule has 2 fully saturated rings. The molecule has 0 aliphatic carbocycles. The van der Waals surface area contributed by atoms with Crippen molar-refractivity contribution in [1.29, 1.82) is 0 Å². The Morgan fingerprint density at radius 2 is 1.62 bits per heavy atom. The lowest BCUT2D eigenvalue weighted by Gasteiger charge is -2.36. The van der Waals surface area contributed by atoms with E-state index in [1.807, 2.05) is 31.9 Å². The van der Waals surface area contributed by atoms with Gasteiger partial charge in [0.2, 0.25) is 0 Å². The normalized spacial score (nSPS) is 24.6. The van der Waals surface area contributed by atoms with Crippen molar-refractivity contribution in [2.75, 3.05) is 20.8 Å². The van der Waals surface area contributed by atoms with Gasteiger partial charge in [0.1, 0.15) is 30.8 Å². The first-order valence-electron chi connectivity index (χ1n) is 13.8. The van der Waals surface area contributed by atoms with Gasteiger partial charge in [-0.05, 0) is 38.1 Å². The van der Waals surface area contributed by atoms with E-state index >= 15 is 0 Å². The van der Waals surface area contributed by atoms with E-state index in [0.29, 0.717) is 24.8 Å². The minimum absolute atomic E-state index is 0.144. The molecule has 4 rings (SSSR count). The maximum absolute atomic E-state index is 13.5. The summed E-state index contributed by atoms with van der Waals surface area (Å²) < 4.78 is 22.9. The van der Waals surface area contributed by atoms with Crippen molar-refractivity contribution < 1.29 is 48.7 Å². The van der Waals surface area contributed by atoms with Crippen molar-refractivity contribution in [3.63, 3.8) is 0 Å². The van der Waals surface area contributed by atoms with Crippen molar-refractivity contribution in [2.24, 2.45) is 0 Å². The molecule has 3 N–H and O–H groups in total. The van der Waals surface area contributed by atoms with Crippen molar-refractivity contribution in [1.82, 2.24) is 4.90 Å². The maximum atomic E-state index is 13.5. The van der Waals surface area contributed by atoms with Crippen LogP contribution in [0, 0.1) is 0 Å². The number of likely N-dealkylation sites (N-methyl/N-ethyl adjacent to an activating group) is 1. The number of methoxy groups -OCH3 is 1. The molecule has 6 unspecified atom stereocenters. The second-order valence-corrected chi connectivity index (χ2v) is 10.7. The molecule has 2 aliphatic rings. The Bertz CT molecular complexity index is 1300. The van der Waals surface area contributed by atoms with Crippen LogP contribution in [0.4, 0.5) is 0 Å². The average molecular weight is 584 g/mol. The highest BCUT2D eigenvalue weighted by molar-refractivity contribution is 5.91. The third-order valence-electron chi connectivity index (χ3n) is 8.04. The zero-order valence-corrected chi connectivity index (χ0v) is 24.1. The van der Waals surface area contributed by atoms with Crippen LogP contribution in [0.3, 0.4) is 0 Å². The predicted molar refractivity (Wildman–Crippen MR) is 150 cm³/mol. The molecule has 11 heteroatoms. The van der Waals surface area contributed by atoms with E-state index in [4.69, 9.17) is 18.9 Å². The smallest absolute Gasteiger partial charge is 0.338 e. The largest absolute Gasteiger partial charge is 0.504 e. The zero-order chi connectivity index (χ0) is 30.6. The van der Waals surface area contributed by atoms with Gasteiger partial charge in [-0.3, -0.25) is 9.69 Å². The first-order valence-corrected chi connectivity index (χ1v) is 13.8. The molecule has 0 radical (unpaired) electrons. The summed E-state index contributed by atoms with van der Waals surface area (Å²) in [4.78, 5) is 40.8. The number of carbonyl (C=O) groups excluding carboxylic acids is 3. The molecule has 42 heavy (non-hydrogen) atoms. The molecule has 2 aliphatic heterocycles. The van der Waals surface area contributed by atoms with E-state index in [-0.39, 0.29) is 24.3 Å². The Balaban J connectivity index is 1.48. The van der Waals surface area contributed by atoms with Crippen LogP contribution in [0.1, 0.15) is 54.9 Å². The number of aromatic hydroxyl groups is 3. The van der Waals surface area contributed by atoms with Gasteiger partial charge in [0.15, 0.2) is 17.2 Å². The molecular weight excluding hydrogens is 546 g/mol. The number of carbonyl (C=O) groups is 3.